The predicted molar refractivity (Wildman–Crippen MR) is 138 cm³/mol. The lowest BCUT2D eigenvalue weighted by atomic mass is 9.99. The molecule has 0 radical (unpaired) electrons. The van der Waals surface area contributed by atoms with Gasteiger partial charge in [0.05, 0.1) is 25.7 Å². The summed E-state index contributed by atoms with van der Waals surface area (Å²) in [4.78, 5) is 1.07. The Morgan fingerprint density at radius 1 is 0.794 bits per heavy atom. The molecule has 1 N–H and O–H groups in total. The highest BCUT2D eigenvalue weighted by atomic mass is 32.1. The summed E-state index contributed by atoms with van der Waals surface area (Å²) < 4.78 is 24.4. The average molecular weight is 476 g/mol. The number of fused-ring (bicyclic) bond motifs is 1. The number of piperidine rings is 1. The van der Waals surface area contributed by atoms with Crippen LogP contribution in [0.2, 0.25) is 0 Å². The zero-order valence-corrected chi connectivity index (χ0v) is 20.3. The highest BCUT2D eigenvalue weighted by Crippen LogP contribution is 2.47. The van der Waals surface area contributed by atoms with E-state index < -0.39 is 0 Å². The summed E-state index contributed by atoms with van der Waals surface area (Å²) in [5.74, 6) is 4.78. The molecule has 5 nitrogen and oxygen atoms in total. The van der Waals surface area contributed by atoms with Gasteiger partial charge in [-0.2, -0.15) is 0 Å². The fourth-order valence-corrected chi connectivity index (χ4v) is 5.36. The van der Waals surface area contributed by atoms with Gasteiger partial charge in [0.25, 0.3) is 0 Å². The number of hydrogen-bond acceptors (Lipinski definition) is 6. The van der Waals surface area contributed by atoms with Gasteiger partial charge in [0.15, 0.2) is 5.75 Å². The van der Waals surface area contributed by atoms with Crippen molar-refractivity contribution in [1.29, 1.82) is 0 Å². The van der Waals surface area contributed by atoms with Crippen molar-refractivity contribution in [2.45, 2.75) is 12.8 Å². The maximum Gasteiger partial charge on any atom is 0.153 e. The van der Waals surface area contributed by atoms with Gasteiger partial charge in [0, 0.05) is 10.1 Å². The standard InChI is InChI=1S/C28H29NO4S/c1-30-21-5-3-20(4-6-21)28-27(25-12-11-24(31-2)17-26(25)34-28)33-23-9-7-22(8-10-23)32-18-19-13-15-29-16-14-19/h3-12,17,19,29H,13-16,18H2,1-2H3. The molecule has 0 bridgehead atoms. The lowest BCUT2D eigenvalue weighted by Gasteiger charge is -2.22. The molecule has 34 heavy (non-hydrogen) atoms. The molecule has 0 unspecified atom stereocenters. The molecule has 0 aliphatic carbocycles. The van der Waals surface area contributed by atoms with Crippen LogP contribution in [-0.4, -0.2) is 33.9 Å². The van der Waals surface area contributed by atoms with E-state index in [9.17, 15) is 0 Å². The van der Waals surface area contributed by atoms with E-state index in [0.29, 0.717) is 5.92 Å². The first-order valence-corrected chi connectivity index (χ1v) is 12.4. The van der Waals surface area contributed by atoms with E-state index in [2.05, 4.69) is 29.6 Å². The Balaban J connectivity index is 1.40. The minimum absolute atomic E-state index is 0.624. The van der Waals surface area contributed by atoms with Gasteiger partial charge in [0.1, 0.15) is 23.0 Å². The largest absolute Gasteiger partial charge is 0.497 e. The van der Waals surface area contributed by atoms with Crippen LogP contribution in [0.5, 0.6) is 28.7 Å². The van der Waals surface area contributed by atoms with Crippen molar-refractivity contribution in [3.05, 3.63) is 66.7 Å². The van der Waals surface area contributed by atoms with Crippen molar-refractivity contribution < 1.29 is 18.9 Å². The summed E-state index contributed by atoms with van der Waals surface area (Å²) >= 11 is 1.69. The van der Waals surface area contributed by atoms with Crippen molar-refractivity contribution in [2.75, 3.05) is 33.9 Å². The molecule has 1 aromatic heterocycles. The molecule has 4 aromatic rings. The van der Waals surface area contributed by atoms with Crippen molar-refractivity contribution in [2.24, 2.45) is 5.92 Å². The molecule has 1 fully saturated rings. The summed E-state index contributed by atoms with van der Waals surface area (Å²) in [6.45, 7) is 2.93. The third-order valence-electron chi connectivity index (χ3n) is 6.19. The van der Waals surface area contributed by atoms with Gasteiger partial charge in [0.2, 0.25) is 0 Å². The zero-order chi connectivity index (χ0) is 23.3. The molecule has 6 heteroatoms. The molecular formula is C28H29NO4S. The molecule has 176 valence electrons. The van der Waals surface area contributed by atoms with E-state index in [4.69, 9.17) is 18.9 Å². The zero-order valence-electron chi connectivity index (χ0n) is 19.5. The van der Waals surface area contributed by atoms with Gasteiger partial charge in [-0.1, -0.05) is 0 Å². The number of nitrogens with one attached hydrogen (secondary N) is 1. The maximum atomic E-state index is 6.47. The second-order valence-electron chi connectivity index (χ2n) is 8.43. The number of thiophene rings is 1. The SMILES string of the molecule is COc1ccc(-c2sc3cc(OC)ccc3c2Oc2ccc(OCC3CCNCC3)cc2)cc1. The molecule has 1 aliphatic rings. The molecule has 1 aliphatic heterocycles. The van der Waals surface area contributed by atoms with Crippen LogP contribution in [-0.2, 0) is 0 Å². The number of hydrogen-bond donors (Lipinski definition) is 1. The van der Waals surface area contributed by atoms with E-state index >= 15 is 0 Å². The minimum Gasteiger partial charge on any atom is -0.497 e. The topological polar surface area (TPSA) is 49.0 Å². The van der Waals surface area contributed by atoms with Gasteiger partial charge in [-0.3, -0.25) is 0 Å². The van der Waals surface area contributed by atoms with Crippen LogP contribution in [0.1, 0.15) is 12.8 Å². The van der Waals surface area contributed by atoms with Crippen LogP contribution < -0.4 is 24.3 Å². The molecule has 1 saturated heterocycles. The van der Waals surface area contributed by atoms with Crippen molar-refractivity contribution in [3.8, 4) is 39.2 Å². The lowest BCUT2D eigenvalue weighted by molar-refractivity contribution is 0.215. The van der Waals surface area contributed by atoms with E-state index in [1.807, 2.05) is 42.5 Å². The van der Waals surface area contributed by atoms with Crippen LogP contribution in [0.3, 0.4) is 0 Å². The summed E-state index contributed by atoms with van der Waals surface area (Å²) in [5.41, 5.74) is 1.08. The fourth-order valence-electron chi connectivity index (χ4n) is 4.20. The van der Waals surface area contributed by atoms with E-state index in [-0.39, 0.29) is 0 Å². The second-order valence-corrected chi connectivity index (χ2v) is 9.48. The molecule has 0 spiro atoms. The number of rotatable bonds is 8. The molecule has 5 rings (SSSR count). The van der Waals surface area contributed by atoms with Crippen LogP contribution in [0, 0.1) is 5.92 Å². The Labute approximate surface area is 204 Å². The molecule has 0 atom stereocenters. The van der Waals surface area contributed by atoms with Gasteiger partial charge in [-0.05, 0) is 104 Å². The highest BCUT2D eigenvalue weighted by molar-refractivity contribution is 7.22. The average Bonchev–Trinajstić information content (AvgIpc) is 3.26. The van der Waals surface area contributed by atoms with Crippen LogP contribution in [0.15, 0.2) is 66.7 Å². The number of ether oxygens (including phenoxy) is 4. The summed E-state index contributed by atoms with van der Waals surface area (Å²) in [6.07, 6.45) is 2.34. The molecular weight excluding hydrogens is 446 g/mol. The van der Waals surface area contributed by atoms with Crippen molar-refractivity contribution in [3.63, 3.8) is 0 Å². The van der Waals surface area contributed by atoms with Gasteiger partial charge < -0.3 is 24.3 Å². The highest BCUT2D eigenvalue weighted by Gasteiger charge is 2.18. The third-order valence-corrected chi connectivity index (χ3v) is 7.37. The van der Waals surface area contributed by atoms with E-state index in [1.165, 1.54) is 12.8 Å². The Bertz CT molecular complexity index is 1230. The van der Waals surface area contributed by atoms with Crippen molar-refractivity contribution in [1.82, 2.24) is 5.32 Å². The number of benzene rings is 3. The normalized spacial score (nSPS) is 14.2. The molecule has 2 heterocycles. The Kier molecular flexibility index (Phi) is 6.88. The van der Waals surface area contributed by atoms with Gasteiger partial charge in [-0.15, -0.1) is 11.3 Å². The van der Waals surface area contributed by atoms with Crippen LogP contribution in [0.25, 0.3) is 20.5 Å². The van der Waals surface area contributed by atoms with Crippen LogP contribution >= 0.6 is 11.3 Å². The number of methoxy groups -OCH3 is 2. The summed E-state index contributed by atoms with van der Waals surface area (Å²) in [7, 11) is 3.36. The molecule has 3 aromatic carbocycles. The predicted octanol–water partition coefficient (Wildman–Crippen LogP) is 6.76. The van der Waals surface area contributed by atoms with E-state index in [0.717, 1.165) is 69.0 Å². The quantitative estimate of drug-likeness (QED) is 0.305. The smallest absolute Gasteiger partial charge is 0.153 e. The third kappa shape index (κ3) is 4.98. The van der Waals surface area contributed by atoms with Gasteiger partial charge >= 0.3 is 0 Å². The fraction of sp³-hybridized carbons (Fsp3) is 0.286. The van der Waals surface area contributed by atoms with Crippen LogP contribution in [0.4, 0.5) is 0 Å². The van der Waals surface area contributed by atoms with E-state index in [1.54, 1.807) is 25.6 Å². The van der Waals surface area contributed by atoms with Gasteiger partial charge in [-0.25, -0.2) is 0 Å². The first kappa shape index (κ1) is 22.6. The first-order chi connectivity index (χ1) is 16.7. The summed E-state index contributed by atoms with van der Waals surface area (Å²) in [6, 6.07) is 22.1. The molecule has 0 saturated carbocycles. The Morgan fingerprint density at radius 3 is 2.15 bits per heavy atom. The van der Waals surface area contributed by atoms with Crippen molar-refractivity contribution >= 4 is 21.4 Å². The monoisotopic (exact) mass is 475 g/mol. The Hall–Kier alpha value is -3.22. The minimum atomic E-state index is 0.624. The maximum absolute atomic E-state index is 6.47. The molecule has 0 amide bonds. The Morgan fingerprint density at radius 2 is 1.44 bits per heavy atom. The second kappa shape index (κ2) is 10.4. The lowest BCUT2D eigenvalue weighted by Crippen LogP contribution is -2.30. The summed E-state index contributed by atoms with van der Waals surface area (Å²) in [5, 5.41) is 4.46. The first-order valence-electron chi connectivity index (χ1n) is 11.6.